The monoisotopic (exact) mass is 313 g/mol. The Labute approximate surface area is 135 Å². The highest BCUT2D eigenvalue weighted by molar-refractivity contribution is 5.93. The Hall–Kier alpha value is -2.94. The van der Waals surface area contributed by atoms with Crippen LogP contribution in [0.1, 0.15) is 23.0 Å². The van der Waals surface area contributed by atoms with Gasteiger partial charge in [-0.2, -0.15) is 5.26 Å². The Morgan fingerprint density at radius 2 is 2.09 bits per heavy atom. The van der Waals surface area contributed by atoms with Crippen molar-refractivity contribution in [2.45, 2.75) is 13.0 Å². The summed E-state index contributed by atoms with van der Waals surface area (Å²) in [6.45, 7) is 2.16. The van der Waals surface area contributed by atoms with Crippen molar-refractivity contribution in [1.82, 2.24) is 9.88 Å². The van der Waals surface area contributed by atoms with Crippen LogP contribution in [-0.2, 0) is 7.05 Å². The second-order valence-electron chi connectivity index (χ2n) is 5.17. The van der Waals surface area contributed by atoms with Gasteiger partial charge < -0.3 is 19.4 Å². The molecule has 0 spiro atoms. The molecule has 0 saturated carbocycles. The number of para-hydroxylation sites is 2. The Balaban J connectivity index is 1.94. The SMILES string of the molecule is COc1ccccc1OC[C@H](C)NC(=O)c1cc(C#N)cn1C. The molecule has 1 aromatic carbocycles. The van der Waals surface area contributed by atoms with Gasteiger partial charge in [0, 0.05) is 13.2 Å². The Kier molecular flexibility index (Phi) is 5.26. The Bertz CT molecular complexity index is 731. The third-order valence-corrected chi connectivity index (χ3v) is 3.30. The predicted octanol–water partition coefficient (Wildman–Crippen LogP) is 2.10. The van der Waals surface area contributed by atoms with Gasteiger partial charge in [0.15, 0.2) is 11.5 Å². The van der Waals surface area contributed by atoms with Crippen LogP contribution in [0.5, 0.6) is 11.5 Å². The van der Waals surface area contributed by atoms with E-state index in [9.17, 15) is 4.79 Å². The van der Waals surface area contributed by atoms with Crippen molar-refractivity contribution in [2.75, 3.05) is 13.7 Å². The summed E-state index contributed by atoms with van der Waals surface area (Å²) in [5.41, 5.74) is 0.890. The molecular formula is C17H19N3O3. The second kappa shape index (κ2) is 7.36. The molecule has 0 fully saturated rings. The molecule has 1 aromatic heterocycles. The number of carbonyl (C=O) groups is 1. The molecule has 0 aliphatic carbocycles. The molecule has 1 heterocycles. The maximum absolute atomic E-state index is 12.2. The van der Waals surface area contributed by atoms with Gasteiger partial charge in [-0.3, -0.25) is 4.79 Å². The molecule has 0 radical (unpaired) electrons. The first-order chi connectivity index (χ1) is 11.0. The van der Waals surface area contributed by atoms with Crippen molar-refractivity contribution >= 4 is 5.91 Å². The molecule has 6 nitrogen and oxygen atoms in total. The number of rotatable bonds is 6. The highest BCUT2D eigenvalue weighted by Crippen LogP contribution is 2.25. The van der Waals surface area contributed by atoms with E-state index in [1.54, 1.807) is 31.0 Å². The highest BCUT2D eigenvalue weighted by Gasteiger charge is 2.15. The third kappa shape index (κ3) is 4.04. The molecule has 1 N–H and O–H groups in total. The van der Waals surface area contributed by atoms with Crippen LogP contribution in [0.15, 0.2) is 36.5 Å². The van der Waals surface area contributed by atoms with Gasteiger partial charge in [0.2, 0.25) is 0 Å². The van der Waals surface area contributed by atoms with Crippen molar-refractivity contribution in [2.24, 2.45) is 7.05 Å². The number of hydrogen-bond donors (Lipinski definition) is 1. The van der Waals surface area contributed by atoms with Crippen molar-refractivity contribution in [3.05, 3.63) is 47.8 Å². The van der Waals surface area contributed by atoms with E-state index in [0.29, 0.717) is 29.4 Å². The second-order valence-corrected chi connectivity index (χ2v) is 5.17. The maximum Gasteiger partial charge on any atom is 0.268 e. The molecule has 0 aliphatic rings. The summed E-state index contributed by atoms with van der Waals surface area (Å²) < 4.78 is 12.5. The molecule has 1 atom stereocenters. The molecule has 23 heavy (non-hydrogen) atoms. The van der Waals surface area contributed by atoms with Gasteiger partial charge in [0.1, 0.15) is 18.4 Å². The van der Waals surface area contributed by atoms with Crippen LogP contribution in [0.2, 0.25) is 0 Å². The summed E-state index contributed by atoms with van der Waals surface area (Å²) in [7, 11) is 3.31. The van der Waals surface area contributed by atoms with E-state index >= 15 is 0 Å². The average Bonchev–Trinajstić information content (AvgIpc) is 2.94. The zero-order valence-corrected chi connectivity index (χ0v) is 13.4. The van der Waals surface area contributed by atoms with Gasteiger partial charge in [-0.1, -0.05) is 12.1 Å². The largest absolute Gasteiger partial charge is 0.493 e. The Morgan fingerprint density at radius 3 is 2.70 bits per heavy atom. The lowest BCUT2D eigenvalue weighted by Gasteiger charge is -2.16. The quantitative estimate of drug-likeness (QED) is 0.886. The zero-order chi connectivity index (χ0) is 16.8. The number of amides is 1. The van der Waals surface area contributed by atoms with E-state index in [4.69, 9.17) is 14.7 Å². The van der Waals surface area contributed by atoms with Crippen molar-refractivity contribution in [1.29, 1.82) is 5.26 Å². The van der Waals surface area contributed by atoms with Crippen LogP contribution in [0.25, 0.3) is 0 Å². The maximum atomic E-state index is 12.2. The van der Waals surface area contributed by atoms with Crippen molar-refractivity contribution < 1.29 is 14.3 Å². The van der Waals surface area contributed by atoms with Gasteiger partial charge in [-0.05, 0) is 25.1 Å². The Morgan fingerprint density at radius 1 is 1.39 bits per heavy atom. The lowest BCUT2D eigenvalue weighted by atomic mass is 10.3. The number of nitrogens with one attached hydrogen (secondary N) is 1. The molecule has 2 rings (SSSR count). The molecule has 6 heteroatoms. The van der Waals surface area contributed by atoms with Gasteiger partial charge in [-0.15, -0.1) is 0 Å². The van der Waals surface area contributed by atoms with E-state index in [0.717, 1.165) is 0 Å². The number of benzene rings is 1. The number of nitrogens with zero attached hydrogens (tertiary/aromatic N) is 2. The number of aryl methyl sites for hydroxylation is 1. The third-order valence-electron chi connectivity index (χ3n) is 3.30. The van der Waals surface area contributed by atoms with Gasteiger partial charge >= 0.3 is 0 Å². The summed E-state index contributed by atoms with van der Waals surface area (Å²) in [6.07, 6.45) is 1.62. The van der Waals surface area contributed by atoms with Crippen molar-refractivity contribution in [3.63, 3.8) is 0 Å². The lowest BCUT2D eigenvalue weighted by molar-refractivity contribution is 0.0918. The van der Waals surface area contributed by atoms with Gasteiger partial charge in [0.05, 0.1) is 18.7 Å². The number of ether oxygens (including phenoxy) is 2. The first-order valence-electron chi connectivity index (χ1n) is 7.18. The minimum absolute atomic E-state index is 0.201. The summed E-state index contributed by atoms with van der Waals surface area (Å²) >= 11 is 0. The molecule has 0 saturated heterocycles. The highest BCUT2D eigenvalue weighted by atomic mass is 16.5. The minimum Gasteiger partial charge on any atom is -0.493 e. The van der Waals surface area contributed by atoms with Crippen LogP contribution in [-0.4, -0.2) is 30.2 Å². The number of aromatic nitrogens is 1. The van der Waals surface area contributed by atoms with Crippen molar-refractivity contribution in [3.8, 4) is 17.6 Å². The summed E-state index contributed by atoms with van der Waals surface area (Å²) in [5, 5.41) is 11.7. The fraction of sp³-hybridized carbons (Fsp3) is 0.294. The summed E-state index contributed by atoms with van der Waals surface area (Å²) in [5.74, 6) is 1.03. The lowest BCUT2D eigenvalue weighted by Crippen LogP contribution is -2.37. The van der Waals surface area contributed by atoms with Crippen LogP contribution in [0.3, 0.4) is 0 Å². The molecule has 120 valence electrons. The molecule has 0 bridgehead atoms. The van der Waals surface area contributed by atoms with Crippen LogP contribution < -0.4 is 14.8 Å². The number of hydrogen-bond acceptors (Lipinski definition) is 4. The predicted molar refractivity (Wildman–Crippen MR) is 85.5 cm³/mol. The van der Waals surface area contributed by atoms with Gasteiger partial charge in [-0.25, -0.2) is 0 Å². The molecular weight excluding hydrogens is 294 g/mol. The first-order valence-corrected chi connectivity index (χ1v) is 7.18. The normalized spacial score (nSPS) is 11.4. The van der Waals surface area contributed by atoms with Crippen LogP contribution in [0, 0.1) is 11.3 Å². The molecule has 2 aromatic rings. The number of nitriles is 1. The van der Waals surface area contributed by atoms with E-state index < -0.39 is 0 Å². The summed E-state index contributed by atoms with van der Waals surface area (Å²) in [6, 6.07) is 10.7. The van der Waals surface area contributed by atoms with Crippen LogP contribution >= 0.6 is 0 Å². The average molecular weight is 313 g/mol. The summed E-state index contributed by atoms with van der Waals surface area (Å²) in [4.78, 5) is 12.2. The van der Waals surface area contributed by atoms with E-state index in [1.165, 1.54) is 0 Å². The van der Waals surface area contributed by atoms with Gasteiger partial charge in [0.25, 0.3) is 5.91 Å². The molecule has 1 amide bonds. The minimum atomic E-state index is -0.245. The van der Waals surface area contributed by atoms with E-state index in [1.807, 2.05) is 37.3 Å². The van der Waals surface area contributed by atoms with E-state index in [2.05, 4.69) is 5.32 Å². The standard InChI is InChI=1S/C17H19N3O3/c1-12(11-23-16-7-5-4-6-15(16)22-3)19-17(21)14-8-13(9-18)10-20(14)2/h4-8,10,12H,11H2,1-3H3,(H,19,21)/t12-/m0/s1. The fourth-order valence-corrected chi connectivity index (χ4v) is 2.14. The fourth-order valence-electron chi connectivity index (χ4n) is 2.14. The van der Waals surface area contributed by atoms with Crippen LogP contribution in [0.4, 0.5) is 0 Å². The number of methoxy groups -OCH3 is 1. The first kappa shape index (κ1) is 16.4. The zero-order valence-electron chi connectivity index (χ0n) is 13.4. The topological polar surface area (TPSA) is 76.3 Å². The smallest absolute Gasteiger partial charge is 0.268 e. The molecule has 0 unspecified atom stereocenters. The number of carbonyl (C=O) groups excluding carboxylic acids is 1. The van der Waals surface area contributed by atoms with E-state index in [-0.39, 0.29) is 11.9 Å². The molecule has 0 aliphatic heterocycles.